The molecule has 396 valence electrons. The Morgan fingerprint density at radius 1 is 0.416 bits per heavy atom. The first kappa shape index (κ1) is 53.5. The number of aromatic hydroxyl groups is 2. The maximum absolute atomic E-state index is 12.8. The Labute approximate surface area is 464 Å². The van der Waals surface area contributed by atoms with Crippen molar-refractivity contribution in [2.24, 2.45) is 10.8 Å². The Kier molecular flexibility index (Phi) is 14.0. The van der Waals surface area contributed by atoms with Crippen LogP contribution in [-0.4, -0.2) is 32.6 Å². The first-order chi connectivity index (χ1) is 36.4. The van der Waals surface area contributed by atoms with E-state index in [-0.39, 0.29) is 33.2 Å². The van der Waals surface area contributed by atoms with Crippen molar-refractivity contribution in [3.63, 3.8) is 0 Å². The van der Waals surface area contributed by atoms with Gasteiger partial charge in [0, 0.05) is 60.3 Å². The fourth-order valence-electron chi connectivity index (χ4n) is 12.6. The molecule has 2 N–H and O–H groups in total. The minimum atomic E-state index is -0.272. The summed E-state index contributed by atoms with van der Waals surface area (Å²) < 4.78 is 18.0. The number of nitrogens with zero attached hydrogens (tertiary/aromatic N) is 2. The molecule has 0 amide bonds. The quantitative estimate of drug-likeness (QED) is 0.107. The Morgan fingerprint density at radius 3 is 1.04 bits per heavy atom. The lowest BCUT2D eigenvalue weighted by molar-refractivity contribution is 0.247. The standard InChI is InChI=1S/C69H72Cl2N2O4/c1-42-32-46(70)38-54(52-34-44(68(9,10)40-66(3,4)5)36-60(62(52)74)72-56-26-17-13-22-48(56)49-23-14-18-27-57(49)72)64(42)76-30-21-31-77-65-43(2)33-47(71)39-55(65)53-35-45(69(11,12)41-67(6,7)8)37-61(63(53)75)73-58-28-19-15-24-50(58)51-25-16-20-29-59(51)73/h13-20,22-29,32-39,74-75H,21,30-31,40-41H2,1-12H3. The third-order valence-corrected chi connectivity index (χ3v) is 15.6. The van der Waals surface area contributed by atoms with Gasteiger partial charge >= 0.3 is 0 Å². The molecule has 0 aliphatic rings. The minimum Gasteiger partial charge on any atom is -0.505 e. The van der Waals surface area contributed by atoms with Crippen molar-refractivity contribution in [3.05, 3.63) is 178 Å². The van der Waals surface area contributed by atoms with Gasteiger partial charge in [0.25, 0.3) is 0 Å². The van der Waals surface area contributed by atoms with E-state index in [4.69, 9.17) is 32.7 Å². The van der Waals surface area contributed by atoms with Crippen LogP contribution in [0.5, 0.6) is 23.0 Å². The van der Waals surface area contributed by atoms with Gasteiger partial charge in [-0.15, -0.1) is 0 Å². The van der Waals surface area contributed by atoms with Crippen molar-refractivity contribution >= 4 is 66.8 Å². The summed E-state index contributed by atoms with van der Waals surface area (Å²) in [7, 11) is 0. The van der Waals surface area contributed by atoms with Crippen LogP contribution in [0.15, 0.2) is 146 Å². The zero-order valence-corrected chi connectivity index (χ0v) is 48.3. The van der Waals surface area contributed by atoms with Crippen LogP contribution >= 0.6 is 23.2 Å². The number of benzene rings is 8. The minimum absolute atomic E-state index is 0.0344. The summed E-state index contributed by atoms with van der Waals surface area (Å²) in [6.45, 7) is 27.4. The van der Waals surface area contributed by atoms with Gasteiger partial charge in [0.05, 0.1) is 46.7 Å². The molecule has 0 atom stereocenters. The summed E-state index contributed by atoms with van der Waals surface area (Å²) >= 11 is 13.9. The second kappa shape index (κ2) is 20.2. The molecule has 2 aromatic heterocycles. The van der Waals surface area contributed by atoms with E-state index in [1.807, 2.05) is 38.1 Å². The molecule has 0 fully saturated rings. The van der Waals surface area contributed by atoms with Gasteiger partial charge in [-0.3, -0.25) is 0 Å². The molecular weight excluding hydrogens is 992 g/mol. The van der Waals surface area contributed by atoms with Crippen molar-refractivity contribution in [3.8, 4) is 56.6 Å². The number of aromatic nitrogens is 2. The van der Waals surface area contributed by atoms with Crippen molar-refractivity contribution in [1.29, 1.82) is 0 Å². The Bertz CT molecular complexity index is 3540. The lowest BCUT2D eigenvalue weighted by atomic mass is 9.71. The maximum Gasteiger partial charge on any atom is 0.147 e. The summed E-state index contributed by atoms with van der Waals surface area (Å²) in [5, 5.41) is 31.1. The maximum atomic E-state index is 12.8. The number of phenols is 2. The first-order valence-electron chi connectivity index (χ1n) is 27.0. The van der Waals surface area contributed by atoms with Crippen LogP contribution in [0.2, 0.25) is 10.0 Å². The number of hydrogen-bond acceptors (Lipinski definition) is 4. The Morgan fingerprint density at radius 2 is 0.727 bits per heavy atom. The summed E-state index contributed by atoms with van der Waals surface area (Å²) in [5.74, 6) is 1.57. The number of rotatable bonds is 14. The topological polar surface area (TPSA) is 68.8 Å². The number of hydrogen-bond donors (Lipinski definition) is 2. The van der Waals surface area contributed by atoms with Crippen LogP contribution in [0, 0.1) is 24.7 Å². The van der Waals surface area contributed by atoms with Crippen molar-refractivity contribution in [2.75, 3.05) is 13.2 Å². The summed E-state index contributed by atoms with van der Waals surface area (Å²) in [5.41, 5.74) is 11.6. The number of aryl methyl sites for hydroxylation is 2. The average molecular weight is 1060 g/mol. The van der Waals surface area contributed by atoms with Crippen LogP contribution in [0.3, 0.4) is 0 Å². The molecule has 8 heteroatoms. The number of fused-ring (bicyclic) bond motifs is 6. The van der Waals surface area contributed by atoms with Crippen LogP contribution in [0.1, 0.15) is 111 Å². The molecule has 0 bridgehead atoms. The van der Waals surface area contributed by atoms with Gasteiger partial charge in [0.15, 0.2) is 0 Å². The molecule has 0 radical (unpaired) electrons. The number of phenolic OH excluding ortho intramolecular Hbond substituents is 2. The third-order valence-electron chi connectivity index (χ3n) is 15.2. The van der Waals surface area contributed by atoms with Crippen LogP contribution in [-0.2, 0) is 10.8 Å². The highest BCUT2D eigenvalue weighted by molar-refractivity contribution is 6.31. The number of halogens is 2. The van der Waals surface area contributed by atoms with Crippen LogP contribution < -0.4 is 9.47 Å². The van der Waals surface area contributed by atoms with Gasteiger partial charge in [0.2, 0.25) is 0 Å². The summed E-state index contributed by atoms with van der Waals surface area (Å²) in [4.78, 5) is 0. The highest BCUT2D eigenvalue weighted by Crippen LogP contribution is 2.50. The van der Waals surface area contributed by atoms with Gasteiger partial charge in [-0.1, -0.05) is 165 Å². The van der Waals surface area contributed by atoms with Gasteiger partial charge in [-0.2, -0.15) is 0 Å². The van der Waals surface area contributed by atoms with Crippen molar-refractivity contribution in [2.45, 2.75) is 113 Å². The fraction of sp³-hybridized carbons (Fsp3) is 0.304. The molecule has 10 aromatic rings. The first-order valence-corrected chi connectivity index (χ1v) is 27.8. The lowest BCUT2D eigenvalue weighted by Crippen LogP contribution is -2.25. The van der Waals surface area contributed by atoms with Crippen LogP contribution in [0.25, 0.3) is 77.2 Å². The molecule has 8 aromatic carbocycles. The van der Waals surface area contributed by atoms with Crippen molar-refractivity contribution in [1.82, 2.24) is 9.13 Å². The molecular formula is C69H72Cl2N2O4. The molecule has 0 saturated heterocycles. The molecule has 6 nitrogen and oxygen atoms in total. The van der Waals surface area contributed by atoms with E-state index in [1.54, 1.807) is 0 Å². The van der Waals surface area contributed by atoms with E-state index in [9.17, 15) is 10.2 Å². The SMILES string of the molecule is Cc1cc(Cl)cc(-c2cc(C(C)(C)CC(C)(C)C)cc(-n3c4ccccc4c4ccccc43)c2O)c1OCCCOc1c(C)cc(Cl)cc1-c1cc(C(C)(C)CC(C)(C)C)cc(-n2c3ccccc3c3ccccc32)c1O. The number of ether oxygens (including phenoxy) is 2. The lowest BCUT2D eigenvalue weighted by Gasteiger charge is -2.34. The van der Waals surface area contributed by atoms with E-state index in [0.29, 0.717) is 74.8 Å². The van der Waals surface area contributed by atoms with Gasteiger partial charge in [-0.25, -0.2) is 0 Å². The van der Waals surface area contributed by atoms with Crippen molar-refractivity contribution < 1.29 is 19.7 Å². The molecule has 10 rings (SSSR count). The van der Waals surface area contributed by atoms with Gasteiger partial charge in [0.1, 0.15) is 23.0 Å². The predicted octanol–water partition coefficient (Wildman–Crippen LogP) is 19.8. The third kappa shape index (κ3) is 10.4. The van der Waals surface area contributed by atoms with E-state index >= 15 is 0 Å². The van der Waals surface area contributed by atoms with E-state index in [0.717, 1.165) is 78.7 Å². The Balaban J connectivity index is 1.02. The summed E-state index contributed by atoms with van der Waals surface area (Å²) in [6, 6.07) is 49.8. The zero-order chi connectivity index (χ0) is 54.9. The Hall–Kier alpha value is -6.86. The number of para-hydroxylation sites is 4. The molecule has 2 heterocycles. The van der Waals surface area contributed by atoms with Gasteiger partial charge in [-0.05, 0) is 143 Å². The molecule has 0 spiro atoms. The second-order valence-electron chi connectivity index (χ2n) is 25.0. The zero-order valence-electron chi connectivity index (χ0n) is 46.8. The smallest absolute Gasteiger partial charge is 0.147 e. The largest absolute Gasteiger partial charge is 0.505 e. The molecule has 0 aliphatic heterocycles. The second-order valence-corrected chi connectivity index (χ2v) is 25.9. The van der Waals surface area contributed by atoms with Gasteiger partial charge < -0.3 is 28.8 Å². The average Bonchev–Trinajstić information content (AvgIpc) is 3.92. The molecule has 0 unspecified atom stereocenters. The molecule has 0 saturated carbocycles. The molecule has 0 aliphatic carbocycles. The highest BCUT2D eigenvalue weighted by atomic mass is 35.5. The normalized spacial score (nSPS) is 12.6. The van der Waals surface area contributed by atoms with E-state index < -0.39 is 0 Å². The van der Waals surface area contributed by atoms with Crippen LogP contribution in [0.4, 0.5) is 0 Å². The van der Waals surface area contributed by atoms with E-state index in [2.05, 4.69) is 200 Å². The highest BCUT2D eigenvalue weighted by Gasteiger charge is 2.33. The fourth-order valence-corrected chi connectivity index (χ4v) is 13.2. The monoisotopic (exact) mass is 1060 g/mol. The molecule has 77 heavy (non-hydrogen) atoms. The van der Waals surface area contributed by atoms with E-state index in [1.165, 1.54) is 0 Å². The predicted molar refractivity (Wildman–Crippen MR) is 325 cm³/mol. The summed E-state index contributed by atoms with van der Waals surface area (Å²) in [6.07, 6.45) is 2.34.